The number of amides is 4. The molecule has 36 heavy (non-hydrogen) atoms. The Balaban J connectivity index is 1.74. The van der Waals surface area contributed by atoms with Gasteiger partial charge in [0.2, 0.25) is 0 Å². The summed E-state index contributed by atoms with van der Waals surface area (Å²) in [6, 6.07) is 10.4. The smallest absolute Gasteiger partial charge is 0.335 e. The van der Waals surface area contributed by atoms with E-state index < -0.39 is 17.8 Å². The van der Waals surface area contributed by atoms with Crippen molar-refractivity contribution in [2.24, 2.45) is 0 Å². The molecule has 7 heteroatoms. The van der Waals surface area contributed by atoms with Crippen molar-refractivity contribution in [2.75, 3.05) is 16.4 Å². The molecule has 7 nitrogen and oxygen atoms in total. The number of nitrogens with one attached hydrogen (secondary N) is 1. The number of hydrogen-bond acceptors (Lipinski definition) is 5. The van der Waals surface area contributed by atoms with Crippen LogP contribution in [0.25, 0.3) is 6.08 Å². The molecule has 1 saturated heterocycles. The van der Waals surface area contributed by atoms with E-state index in [9.17, 15) is 14.4 Å². The molecule has 0 spiro atoms. The maximum atomic E-state index is 13.4. The van der Waals surface area contributed by atoms with E-state index in [0.717, 1.165) is 22.4 Å². The van der Waals surface area contributed by atoms with Crippen molar-refractivity contribution in [3.05, 3.63) is 58.7 Å². The van der Waals surface area contributed by atoms with Gasteiger partial charge in [-0.05, 0) is 113 Å². The Kier molecular flexibility index (Phi) is 6.69. The summed E-state index contributed by atoms with van der Waals surface area (Å²) >= 11 is 0. The standard InChI is InChI=1S/C29H35N3O4/c1-8-36-22-11-9-21(10-12-22)31-27(34)24(26(33)30-28(31)35)15-20-14-23-19(5)16-29(6,7)32(17(2)3)25(23)13-18(20)4/h9-15,17,19H,8,16H2,1-7H3,(H,30,33,35)/b24-15+. The fraction of sp³-hybridized carbons (Fsp3) is 0.414. The van der Waals surface area contributed by atoms with Crippen LogP contribution in [0.15, 0.2) is 42.0 Å². The minimum absolute atomic E-state index is 0.0187. The summed E-state index contributed by atoms with van der Waals surface area (Å²) in [5.74, 6) is -0.388. The number of carbonyl (C=O) groups is 3. The Morgan fingerprint density at radius 1 is 1.14 bits per heavy atom. The quantitative estimate of drug-likeness (QED) is 0.439. The predicted octanol–water partition coefficient (Wildman–Crippen LogP) is 5.56. The molecular weight excluding hydrogens is 454 g/mol. The van der Waals surface area contributed by atoms with Crippen molar-refractivity contribution in [3.8, 4) is 5.75 Å². The Morgan fingerprint density at radius 3 is 2.42 bits per heavy atom. The normalized spacial score (nSPS) is 20.6. The van der Waals surface area contributed by atoms with Gasteiger partial charge >= 0.3 is 6.03 Å². The zero-order valence-corrected chi connectivity index (χ0v) is 22.1. The molecule has 0 radical (unpaired) electrons. The SMILES string of the molecule is CCOc1ccc(N2C(=O)NC(=O)/C(=C\c3cc4c(cc3C)N(C(C)C)C(C)(C)CC4C)C2=O)cc1. The van der Waals surface area contributed by atoms with Gasteiger partial charge in [0, 0.05) is 17.3 Å². The topological polar surface area (TPSA) is 79.0 Å². The van der Waals surface area contributed by atoms with Gasteiger partial charge in [-0.2, -0.15) is 0 Å². The summed E-state index contributed by atoms with van der Waals surface area (Å²) in [6.45, 7) is 15.5. The highest BCUT2D eigenvalue weighted by atomic mass is 16.5. The van der Waals surface area contributed by atoms with Crippen molar-refractivity contribution < 1.29 is 19.1 Å². The van der Waals surface area contributed by atoms with Crippen LogP contribution in [0.2, 0.25) is 0 Å². The molecule has 2 heterocycles. The number of aryl methyl sites for hydroxylation is 1. The second-order valence-electron chi connectivity index (χ2n) is 10.5. The van der Waals surface area contributed by atoms with Crippen molar-refractivity contribution in [1.29, 1.82) is 0 Å². The molecule has 2 aliphatic rings. The number of carbonyl (C=O) groups excluding carboxylic acids is 3. The van der Waals surface area contributed by atoms with Gasteiger partial charge in [0.1, 0.15) is 11.3 Å². The molecular formula is C29H35N3O4. The molecule has 1 fully saturated rings. The van der Waals surface area contributed by atoms with E-state index in [1.165, 1.54) is 11.3 Å². The van der Waals surface area contributed by atoms with Gasteiger partial charge in [-0.25, -0.2) is 9.69 Å². The second-order valence-corrected chi connectivity index (χ2v) is 10.5. The molecule has 0 aromatic heterocycles. The average molecular weight is 490 g/mol. The van der Waals surface area contributed by atoms with Crippen LogP contribution >= 0.6 is 0 Å². The Bertz CT molecular complexity index is 1240. The summed E-state index contributed by atoms with van der Waals surface area (Å²) < 4.78 is 5.45. The van der Waals surface area contributed by atoms with E-state index in [-0.39, 0.29) is 11.1 Å². The Labute approximate surface area is 213 Å². The summed E-state index contributed by atoms with van der Waals surface area (Å²) in [6.07, 6.45) is 2.60. The van der Waals surface area contributed by atoms with Crippen LogP contribution in [-0.2, 0) is 9.59 Å². The highest BCUT2D eigenvalue weighted by molar-refractivity contribution is 6.39. The van der Waals surface area contributed by atoms with Crippen molar-refractivity contribution in [3.63, 3.8) is 0 Å². The molecule has 190 valence electrons. The van der Waals surface area contributed by atoms with Crippen LogP contribution in [0.3, 0.4) is 0 Å². The summed E-state index contributed by atoms with van der Waals surface area (Å²) in [5.41, 5.74) is 4.46. The lowest BCUT2D eigenvalue weighted by atomic mass is 9.78. The summed E-state index contributed by atoms with van der Waals surface area (Å²) in [4.78, 5) is 42.2. The van der Waals surface area contributed by atoms with Gasteiger partial charge in [0.05, 0.1) is 12.3 Å². The fourth-order valence-electron chi connectivity index (χ4n) is 5.65. The first-order valence-electron chi connectivity index (χ1n) is 12.5. The van der Waals surface area contributed by atoms with Crippen LogP contribution < -0.4 is 19.9 Å². The van der Waals surface area contributed by atoms with Gasteiger partial charge < -0.3 is 9.64 Å². The lowest BCUT2D eigenvalue weighted by Crippen LogP contribution is -2.54. The molecule has 1 atom stereocenters. The zero-order valence-electron chi connectivity index (χ0n) is 22.1. The van der Waals surface area contributed by atoms with Crippen LogP contribution in [0.1, 0.15) is 70.6 Å². The van der Waals surface area contributed by atoms with E-state index >= 15 is 0 Å². The highest BCUT2D eigenvalue weighted by Crippen LogP contribution is 2.45. The van der Waals surface area contributed by atoms with E-state index in [0.29, 0.717) is 30.0 Å². The van der Waals surface area contributed by atoms with Gasteiger partial charge in [-0.15, -0.1) is 0 Å². The number of hydrogen-bond donors (Lipinski definition) is 1. The van der Waals surface area contributed by atoms with Crippen LogP contribution in [0.4, 0.5) is 16.2 Å². The lowest BCUT2D eigenvalue weighted by molar-refractivity contribution is -0.122. The molecule has 1 unspecified atom stereocenters. The largest absolute Gasteiger partial charge is 0.494 e. The Morgan fingerprint density at radius 2 is 1.81 bits per heavy atom. The van der Waals surface area contributed by atoms with E-state index in [2.05, 4.69) is 57.0 Å². The molecule has 4 rings (SSSR count). The molecule has 0 bridgehead atoms. The molecule has 2 aliphatic heterocycles. The number of imide groups is 2. The third kappa shape index (κ3) is 4.50. The number of anilines is 2. The second kappa shape index (κ2) is 9.45. The first-order valence-corrected chi connectivity index (χ1v) is 12.5. The van der Waals surface area contributed by atoms with E-state index in [1.54, 1.807) is 30.3 Å². The number of benzene rings is 2. The number of barbiturate groups is 1. The minimum atomic E-state index is -0.767. The van der Waals surface area contributed by atoms with Crippen molar-refractivity contribution in [2.45, 2.75) is 72.4 Å². The molecule has 0 saturated carbocycles. The molecule has 1 N–H and O–H groups in total. The monoisotopic (exact) mass is 489 g/mol. The minimum Gasteiger partial charge on any atom is -0.494 e. The number of fused-ring (bicyclic) bond motifs is 1. The number of rotatable bonds is 5. The number of ether oxygens (including phenoxy) is 1. The maximum Gasteiger partial charge on any atom is 0.335 e. The first-order chi connectivity index (χ1) is 16.9. The predicted molar refractivity (Wildman–Crippen MR) is 143 cm³/mol. The molecule has 4 amide bonds. The van der Waals surface area contributed by atoms with Gasteiger partial charge in [0.15, 0.2) is 0 Å². The van der Waals surface area contributed by atoms with Gasteiger partial charge in [-0.1, -0.05) is 6.92 Å². The van der Waals surface area contributed by atoms with E-state index in [1.807, 2.05) is 13.8 Å². The Hall–Kier alpha value is -3.61. The van der Waals surface area contributed by atoms with Crippen molar-refractivity contribution in [1.82, 2.24) is 5.32 Å². The number of urea groups is 1. The lowest BCUT2D eigenvalue weighted by Gasteiger charge is -2.50. The first kappa shape index (κ1) is 25.5. The maximum absolute atomic E-state index is 13.4. The highest BCUT2D eigenvalue weighted by Gasteiger charge is 2.39. The van der Waals surface area contributed by atoms with Gasteiger partial charge in [0.25, 0.3) is 11.8 Å². The molecule has 2 aromatic carbocycles. The average Bonchev–Trinajstić information content (AvgIpc) is 2.77. The summed E-state index contributed by atoms with van der Waals surface area (Å²) in [5, 5.41) is 2.31. The fourth-order valence-corrected chi connectivity index (χ4v) is 5.65. The van der Waals surface area contributed by atoms with Gasteiger partial charge in [-0.3, -0.25) is 14.9 Å². The van der Waals surface area contributed by atoms with Crippen LogP contribution in [0.5, 0.6) is 5.75 Å². The molecule has 2 aromatic rings. The number of nitrogens with zero attached hydrogens (tertiary/aromatic N) is 2. The van der Waals surface area contributed by atoms with Crippen molar-refractivity contribution >= 4 is 35.3 Å². The summed E-state index contributed by atoms with van der Waals surface area (Å²) in [7, 11) is 0. The van der Waals surface area contributed by atoms with E-state index in [4.69, 9.17) is 4.74 Å². The third-order valence-electron chi connectivity index (χ3n) is 6.99. The molecule has 0 aliphatic carbocycles. The third-order valence-corrected chi connectivity index (χ3v) is 6.99. The van der Waals surface area contributed by atoms with Crippen LogP contribution in [-0.4, -0.2) is 36.0 Å². The van der Waals surface area contributed by atoms with Crippen LogP contribution in [0, 0.1) is 6.92 Å². The zero-order chi connectivity index (χ0) is 26.4.